The van der Waals surface area contributed by atoms with Gasteiger partial charge in [-0.2, -0.15) is 15.2 Å². The second-order valence-electron chi connectivity index (χ2n) is 6.15. The molecule has 1 saturated heterocycles. The van der Waals surface area contributed by atoms with Crippen LogP contribution in [0.3, 0.4) is 0 Å². The summed E-state index contributed by atoms with van der Waals surface area (Å²) in [5.74, 6) is 2.83. The molecule has 3 heterocycles. The monoisotopic (exact) mass is 299 g/mol. The van der Waals surface area contributed by atoms with Gasteiger partial charge in [0.05, 0.1) is 6.20 Å². The van der Waals surface area contributed by atoms with Gasteiger partial charge in [-0.3, -0.25) is 5.10 Å². The molecule has 0 atom stereocenters. The molecule has 7 nitrogen and oxygen atoms in total. The predicted molar refractivity (Wildman–Crippen MR) is 84.4 cm³/mol. The van der Waals surface area contributed by atoms with E-state index in [4.69, 9.17) is 0 Å². The van der Waals surface area contributed by atoms with Crippen LogP contribution in [-0.4, -0.2) is 38.5 Å². The lowest BCUT2D eigenvalue weighted by atomic mass is 10.0. The van der Waals surface area contributed by atoms with E-state index in [2.05, 4.69) is 41.7 Å². The smallest absolute Gasteiger partial charge is 0.247 e. The second kappa shape index (κ2) is 5.90. The zero-order valence-corrected chi connectivity index (χ0v) is 12.6. The van der Waals surface area contributed by atoms with Gasteiger partial charge in [0.2, 0.25) is 5.95 Å². The van der Waals surface area contributed by atoms with Crippen LogP contribution in [0, 0.1) is 0 Å². The number of nitrogens with one attached hydrogen (secondary N) is 2. The van der Waals surface area contributed by atoms with Crippen LogP contribution in [0.15, 0.2) is 12.3 Å². The van der Waals surface area contributed by atoms with Crippen LogP contribution >= 0.6 is 0 Å². The van der Waals surface area contributed by atoms with Crippen LogP contribution in [0.2, 0.25) is 0 Å². The van der Waals surface area contributed by atoms with Crippen molar-refractivity contribution in [3.63, 3.8) is 0 Å². The Bertz CT molecular complexity index is 626. The van der Waals surface area contributed by atoms with Crippen LogP contribution in [0.5, 0.6) is 0 Å². The molecule has 2 aromatic rings. The number of rotatable bonds is 4. The molecule has 116 valence electrons. The number of H-pyrrole nitrogens is 1. The Morgan fingerprint density at radius 3 is 2.73 bits per heavy atom. The van der Waals surface area contributed by atoms with Crippen molar-refractivity contribution < 1.29 is 0 Å². The van der Waals surface area contributed by atoms with Crippen LogP contribution in [-0.2, 0) is 0 Å². The third-order valence-electron chi connectivity index (χ3n) is 4.59. The summed E-state index contributed by atoms with van der Waals surface area (Å²) in [5.41, 5.74) is 1.22. The molecule has 0 spiro atoms. The zero-order valence-electron chi connectivity index (χ0n) is 12.6. The van der Waals surface area contributed by atoms with Gasteiger partial charge in [-0.15, -0.1) is 5.10 Å². The van der Waals surface area contributed by atoms with Crippen molar-refractivity contribution >= 4 is 17.6 Å². The molecule has 1 saturated carbocycles. The molecule has 0 amide bonds. The van der Waals surface area contributed by atoms with Gasteiger partial charge in [-0.1, -0.05) is 12.8 Å². The lowest BCUT2D eigenvalue weighted by molar-refractivity contribution is 0.693. The molecule has 22 heavy (non-hydrogen) atoms. The summed E-state index contributed by atoms with van der Waals surface area (Å²) in [4.78, 5) is 6.72. The van der Waals surface area contributed by atoms with Gasteiger partial charge in [-0.05, 0) is 25.7 Å². The number of hydrogen-bond acceptors (Lipinski definition) is 6. The predicted octanol–water partition coefficient (Wildman–Crippen LogP) is 2.60. The van der Waals surface area contributed by atoms with E-state index in [0.29, 0.717) is 17.7 Å². The summed E-state index contributed by atoms with van der Waals surface area (Å²) >= 11 is 0. The van der Waals surface area contributed by atoms with Gasteiger partial charge < -0.3 is 10.2 Å². The van der Waals surface area contributed by atoms with Gasteiger partial charge in [0.15, 0.2) is 11.6 Å². The lowest BCUT2D eigenvalue weighted by Gasteiger charge is -2.14. The molecule has 0 aromatic carbocycles. The zero-order chi connectivity index (χ0) is 14.8. The van der Waals surface area contributed by atoms with Crippen molar-refractivity contribution in [1.82, 2.24) is 25.4 Å². The van der Waals surface area contributed by atoms with Gasteiger partial charge in [0, 0.05) is 30.8 Å². The summed E-state index contributed by atoms with van der Waals surface area (Å²) in [6, 6.07) is 2.09. The van der Waals surface area contributed by atoms with Crippen LogP contribution in [0.4, 0.5) is 17.6 Å². The minimum atomic E-state index is 0.631. The Morgan fingerprint density at radius 1 is 1.09 bits per heavy atom. The van der Waals surface area contributed by atoms with E-state index in [-0.39, 0.29) is 0 Å². The first-order valence-corrected chi connectivity index (χ1v) is 8.15. The van der Waals surface area contributed by atoms with Gasteiger partial charge in [0.25, 0.3) is 0 Å². The van der Waals surface area contributed by atoms with E-state index in [1.807, 2.05) is 0 Å². The van der Waals surface area contributed by atoms with Gasteiger partial charge in [-0.25, -0.2) is 0 Å². The summed E-state index contributed by atoms with van der Waals surface area (Å²) in [7, 11) is 0. The summed E-state index contributed by atoms with van der Waals surface area (Å²) < 4.78 is 0. The molecule has 1 aliphatic carbocycles. The minimum absolute atomic E-state index is 0.631. The lowest BCUT2D eigenvalue weighted by Crippen LogP contribution is -2.21. The molecular formula is C15H21N7. The fraction of sp³-hybridized carbons (Fsp3) is 0.600. The SMILES string of the molecule is c1nnc(N2CCCC2)nc1Nc1cc(C2CCCC2)[nH]n1. The van der Waals surface area contributed by atoms with Gasteiger partial charge >= 0.3 is 0 Å². The molecule has 2 fully saturated rings. The standard InChI is InChI=1S/C15H21N7/c1-2-6-11(5-1)12-9-13(20-19-12)17-14-10-16-21-15(18-14)22-7-3-4-8-22/h9-11H,1-8H2,(H2,17,18,19,20,21). The van der Waals surface area contributed by atoms with Gasteiger partial charge in [0.1, 0.15) is 0 Å². The van der Waals surface area contributed by atoms with Crippen molar-refractivity contribution in [3.8, 4) is 0 Å². The Kier molecular flexibility index (Phi) is 3.62. The van der Waals surface area contributed by atoms with E-state index >= 15 is 0 Å². The molecule has 0 unspecified atom stereocenters. The molecule has 2 aromatic heterocycles. The number of anilines is 3. The average molecular weight is 299 g/mol. The van der Waals surface area contributed by atoms with E-state index in [0.717, 1.165) is 18.9 Å². The number of aromatic amines is 1. The first kappa shape index (κ1) is 13.5. The van der Waals surface area contributed by atoms with Crippen LogP contribution < -0.4 is 10.2 Å². The fourth-order valence-corrected chi connectivity index (χ4v) is 3.38. The first-order valence-electron chi connectivity index (χ1n) is 8.15. The first-order chi connectivity index (χ1) is 10.9. The highest BCUT2D eigenvalue weighted by Crippen LogP contribution is 2.33. The highest BCUT2D eigenvalue weighted by atomic mass is 15.3. The number of aromatic nitrogens is 5. The fourth-order valence-electron chi connectivity index (χ4n) is 3.38. The third kappa shape index (κ3) is 2.75. The molecule has 7 heteroatoms. The van der Waals surface area contributed by atoms with E-state index in [9.17, 15) is 0 Å². The number of nitrogens with zero attached hydrogens (tertiary/aromatic N) is 5. The van der Waals surface area contributed by atoms with Crippen molar-refractivity contribution in [2.24, 2.45) is 0 Å². The Hall–Kier alpha value is -2.18. The van der Waals surface area contributed by atoms with E-state index in [1.165, 1.54) is 44.2 Å². The van der Waals surface area contributed by atoms with Crippen LogP contribution in [0.25, 0.3) is 0 Å². The normalized spacial score (nSPS) is 19.0. The maximum absolute atomic E-state index is 4.54. The quantitative estimate of drug-likeness (QED) is 0.903. The Morgan fingerprint density at radius 2 is 1.91 bits per heavy atom. The topological polar surface area (TPSA) is 82.6 Å². The number of hydrogen-bond donors (Lipinski definition) is 2. The third-order valence-corrected chi connectivity index (χ3v) is 4.59. The molecule has 0 radical (unpaired) electrons. The van der Waals surface area contributed by atoms with Crippen molar-refractivity contribution in [2.45, 2.75) is 44.4 Å². The molecular weight excluding hydrogens is 278 g/mol. The van der Waals surface area contributed by atoms with E-state index in [1.54, 1.807) is 6.20 Å². The molecule has 0 bridgehead atoms. The molecule has 2 aliphatic rings. The highest BCUT2D eigenvalue weighted by Gasteiger charge is 2.19. The Labute approximate surface area is 129 Å². The second-order valence-corrected chi connectivity index (χ2v) is 6.15. The van der Waals surface area contributed by atoms with Crippen LogP contribution in [0.1, 0.15) is 50.1 Å². The molecule has 4 rings (SSSR count). The maximum Gasteiger partial charge on any atom is 0.247 e. The maximum atomic E-state index is 4.54. The molecule has 2 N–H and O–H groups in total. The average Bonchev–Trinajstić information content (AvgIpc) is 3.29. The van der Waals surface area contributed by atoms with Crippen molar-refractivity contribution in [2.75, 3.05) is 23.3 Å². The summed E-state index contributed by atoms with van der Waals surface area (Å²) in [6.45, 7) is 2.03. The highest BCUT2D eigenvalue weighted by molar-refractivity contribution is 5.52. The minimum Gasteiger partial charge on any atom is -0.339 e. The summed E-state index contributed by atoms with van der Waals surface area (Å²) in [6.07, 6.45) is 9.20. The van der Waals surface area contributed by atoms with Crippen molar-refractivity contribution in [3.05, 3.63) is 18.0 Å². The Balaban J connectivity index is 1.47. The van der Waals surface area contributed by atoms with E-state index < -0.39 is 0 Å². The summed E-state index contributed by atoms with van der Waals surface area (Å²) in [5, 5.41) is 18.9. The molecule has 1 aliphatic heterocycles. The largest absolute Gasteiger partial charge is 0.339 e. The van der Waals surface area contributed by atoms with Crippen molar-refractivity contribution in [1.29, 1.82) is 0 Å².